The van der Waals surface area contributed by atoms with Crippen LogP contribution in [0, 0.1) is 17.5 Å². The van der Waals surface area contributed by atoms with E-state index in [0.717, 1.165) is 47.4 Å². The van der Waals surface area contributed by atoms with Crippen molar-refractivity contribution >= 4 is 15.7 Å². The average molecular weight is 703 g/mol. The van der Waals surface area contributed by atoms with Gasteiger partial charge in [0.2, 0.25) is 0 Å². The van der Waals surface area contributed by atoms with E-state index < -0.39 is 85.1 Å². The third-order valence-corrected chi connectivity index (χ3v) is 10.7. The van der Waals surface area contributed by atoms with Gasteiger partial charge in [-0.1, -0.05) is 30.3 Å². The topological polar surface area (TPSA) is 76.6 Å². The van der Waals surface area contributed by atoms with Gasteiger partial charge in [-0.3, -0.25) is 9.78 Å². The van der Waals surface area contributed by atoms with Gasteiger partial charge >= 0.3 is 12.4 Å². The van der Waals surface area contributed by atoms with Crippen molar-refractivity contribution in [2.45, 2.75) is 40.6 Å². The summed E-state index contributed by atoms with van der Waals surface area (Å²) in [5.74, 6) is -4.28. The molecule has 1 fully saturated rings. The monoisotopic (exact) mass is 702 g/mol. The molecule has 1 saturated heterocycles. The molecule has 0 aliphatic carbocycles. The van der Waals surface area contributed by atoms with Crippen LogP contribution in [0.3, 0.4) is 0 Å². The van der Waals surface area contributed by atoms with Crippen LogP contribution in [0.2, 0.25) is 0 Å². The molecule has 6 nitrogen and oxygen atoms in total. The number of amides is 1. The minimum atomic E-state index is -6.23. The van der Waals surface area contributed by atoms with Gasteiger partial charge in [-0.05, 0) is 60.5 Å². The third-order valence-electron chi connectivity index (χ3n) is 8.20. The number of likely N-dealkylation sites (tertiary alicyclic amines) is 1. The minimum Gasteiger partial charge on any atom is -0.349 e. The molecular weight excluding hydrogens is 679 g/mol. The molecular formula is C32H23F9N2O4S. The number of halogens is 9. The van der Waals surface area contributed by atoms with E-state index in [2.05, 4.69) is 9.72 Å². The first kappa shape index (κ1) is 34.9. The molecule has 0 radical (unpaired) electrons. The quantitative estimate of drug-likeness (QED) is 0.143. The Kier molecular flexibility index (Phi) is 9.11. The van der Waals surface area contributed by atoms with Gasteiger partial charge in [0, 0.05) is 42.2 Å². The molecule has 1 amide bonds. The van der Waals surface area contributed by atoms with Gasteiger partial charge < -0.3 is 9.64 Å². The number of carbonyl (C=O) groups excluding carboxylic acids is 1. The van der Waals surface area contributed by atoms with Gasteiger partial charge in [0.25, 0.3) is 11.5 Å². The molecule has 1 atom stereocenters. The van der Waals surface area contributed by atoms with Crippen molar-refractivity contribution in [2.24, 2.45) is 0 Å². The molecule has 48 heavy (non-hydrogen) atoms. The van der Waals surface area contributed by atoms with Gasteiger partial charge in [-0.15, -0.1) is 0 Å². The minimum absolute atomic E-state index is 0.138. The largest absolute Gasteiger partial charge is 0.430 e. The maximum absolute atomic E-state index is 14.5. The maximum Gasteiger partial charge on any atom is 0.430 e. The van der Waals surface area contributed by atoms with Crippen LogP contribution < -0.4 is 0 Å². The van der Waals surface area contributed by atoms with Crippen LogP contribution in [0.15, 0.2) is 96.2 Å². The molecule has 2 heterocycles. The predicted octanol–water partition coefficient (Wildman–Crippen LogP) is 7.25. The zero-order valence-electron chi connectivity index (χ0n) is 24.3. The highest BCUT2D eigenvalue weighted by Crippen LogP contribution is 2.54. The molecule has 0 spiro atoms. The Morgan fingerprint density at radius 1 is 0.812 bits per heavy atom. The molecule has 1 aromatic heterocycles. The van der Waals surface area contributed by atoms with E-state index >= 15 is 0 Å². The lowest BCUT2D eigenvalue weighted by Gasteiger charge is -2.38. The number of ether oxygens (including phenoxy) is 1. The third kappa shape index (κ3) is 5.91. The van der Waals surface area contributed by atoms with E-state index in [1.54, 1.807) is 0 Å². The molecule has 0 bridgehead atoms. The fraction of sp³-hybridized carbons (Fsp3) is 0.250. The van der Waals surface area contributed by atoms with E-state index in [1.807, 2.05) is 0 Å². The SMILES string of the molecule is O=C(c1ccncc1)N1CCC(c2ccc(C(OCc3c(F)cccc3F)(C(F)(F)F)C(F)(F)F)cc2)(S(=O)(=O)c2ccc(F)cc2)C1. The second-order valence-electron chi connectivity index (χ2n) is 10.9. The molecule has 0 N–H and O–H groups in total. The number of alkyl halides is 6. The lowest BCUT2D eigenvalue weighted by atomic mass is 9.88. The summed E-state index contributed by atoms with van der Waals surface area (Å²) in [7, 11) is -4.61. The number of carbonyl (C=O) groups is 1. The Balaban J connectivity index is 1.62. The number of aromatic nitrogens is 1. The van der Waals surface area contributed by atoms with Crippen LogP contribution in [0.5, 0.6) is 0 Å². The first-order valence-electron chi connectivity index (χ1n) is 14.0. The molecule has 254 valence electrons. The van der Waals surface area contributed by atoms with Crippen molar-refractivity contribution in [3.63, 3.8) is 0 Å². The highest BCUT2D eigenvalue weighted by Gasteiger charge is 2.73. The second kappa shape index (κ2) is 12.5. The highest BCUT2D eigenvalue weighted by molar-refractivity contribution is 7.92. The van der Waals surface area contributed by atoms with Gasteiger partial charge in [-0.2, -0.15) is 26.3 Å². The van der Waals surface area contributed by atoms with E-state index in [4.69, 9.17) is 0 Å². The normalized spacial score (nSPS) is 17.5. The second-order valence-corrected chi connectivity index (χ2v) is 13.2. The molecule has 1 aliphatic heterocycles. The lowest BCUT2D eigenvalue weighted by Crippen LogP contribution is -2.56. The van der Waals surface area contributed by atoms with Gasteiger partial charge in [0.1, 0.15) is 22.2 Å². The number of pyridine rings is 1. The Morgan fingerprint density at radius 3 is 1.92 bits per heavy atom. The first-order chi connectivity index (χ1) is 22.4. The van der Waals surface area contributed by atoms with Crippen LogP contribution >= 0.6 is 0 Å². The Labute approximate surface area is 267 Å². The number of rotatable bonds is 8. The van der Waals surface area contributed by atoms with E-state index in [-0.39, 0.29) is 24.1 Å². The highest BCUT2D eigenvalue weighted by atomic mass is 32.2. The van der Waals surface area contributed by atoms with Crippen LogP contribution in [0.25, 0.3) is 0 Å². The standard InChI is InChI=1S/C32H23F9N2O4S/c33-23-8-10-24(11-9-23)48(45,46)29(14-17-43(19-29)28(44)20-12-15-42-16-13-20)21-4-6-22(7-5-21)30(31(36,37)38,32(39,40)41)47-18-25-26(34)2-1-3-27(25)35/h1-13,15-16H,14,17-19H2. The smallest absolute Gasteiger partial charge is 0.349 e. The fourth-order valence-corrected chi connectivity index (χ4v) is 7.75. The van der Waals surface area contributed by atoms with E-state index in [0.29, 0.717) is 24.3 Å². The summed E-state index contributed by atoms with van der Waals surface area (Å²) in [4.78, 5) is 17.8. The number of sulfone groups is 1. The lowest BCUT2D eigenvalue weighted by molar-refractivity contribution is -0.392. The van der Waals surface area contributed by atoms with E-state index in [9.17, 15) is 52.7 Å². The molecule has 1 aliphatic rings. The van der Waals surface area contributed by atoms with Gasteiger partial charge in [0.05, 0.1) is 11.5 Å². The summed E-state index contributed by atoms with van der Waals surface area (Å²) in [6, 6.07) is 10.7. The fourth-order valence-electron chi connectivity index (χ4n) is 5.68. The number of hydrogen-bond donors (Lipinski definition) is 0. The van der Waals surface area contributed by atoms with Crippen LogP contribution in [0.1, 0.15) is 33.5 Å². The number of benzene rings is 3. The Morgan fingerprint density at radius 2 is 1.38 bits per heavy atom. The number of hydrogen-bond acceptors (Lipinski definition) is 5. The van der Waals surface area contributed by atoms with Gasteiger partial charge in [0.15, 0.2) is 9.84 Å². The number of nitrogens with zero attached hydrogens (tertiary/aromatic N) is 2. The first-order valence-corrected chi connectivity index (χ1v) is 15.4. The van der Waals surface area contributed by atoms with Gasteiger partial charge in [-0.25, -0.2) is 21.6 Å². The molecule has 1 unspecified atom stereocenters. The molecule has 4 aromatic rings. The molecule has 16 heteroatoms. The summed E-state index contributed by atoms with van der Waals surface area (Å²) in [6.45, 7) is -2.52. The maximum atomic E-state index is 14.5. The van der Waals surface area contributed by atoms with Crippen molar-refractivity contribution in [2.75, 3.05) is 13.1 Å². The Bertz CT molecular complexity index is 1870. The average Bonchev–Trinajstić information content (AvgIpc) is 3.49. The zero-order chi connectivity index (χ0) is 35.1. The summed E-state index contributed by atoms with van der Waals surface area (Å²) >= 11 is 0. The summed E-state index contributed by atoms with van der Waals surface area (Å²) < 4.78 is 160. The van der Waals surface area contributed by atoms with Crippen molar-refractivity contribution < 1.29 is 57.5 Å². The molecule has 5 rings (SSSR count). The van der Waals surface area contributed by atoms with E-state index in [1.165, 1.54) is 24.5 Å². The molecule has 0 saturated carbocycles. The van der Waals surface area contributed by atoms with Crippen LogP contribution in [0.4, 0.5) is 39.5 Å². The summed E-state index contributed by atoms with van der Waals surface area (Å²) in [6.07, 6.45) is -10.2. The summed E-state index contributed by atoms with van der Waals surface area (Å²) in [5, 5.41) is 0. The van der Waals surface area contributed by atoms with Crippen molar-refractivity contribution in [1.29, 1.82) is 0 Å². The Hall–Kier alpha value is -4.44. The molecule has 3 aromatic carbocycles. The zero-order valence-corrected chi connectivity index (χ0v) is 25.1. The predicted molar refractivity (Wildman–Crippen MR) is 151 cm³/mol. The van der Waals surface area contributed by atoms with Crippen molar-refractivity contribution in [3.8, 4) is 0 Å². The van der Waals surface area contributed by atoms with Crippen molar-refractivity contribution in [1.82, 2.24) is 9.88 Å². The van der Waals surface area contributed by atoms with Crippen LogP contribution in [-0.4, -0.2) is 49.7 Å². The van der Waals surface area contributed by atoms with Crippen LogP contribution in [-0.2, 0) is 31.5 Å². The van der Waals surface area contributed by atoms with Crippen molar-refractivity contribution in [3.05, 3.63) is 131 Å². The summed E-state index contributed by atoms with van der Waals surface area (Å²) in [5.41, 5.74) is -7.98.